The maximum atomic E-state index is 12.3. The molecule has 27 heavy (non-hydrogen) atoms. The largest absolute Gasteiger partial charge is 0.503 e. The lowest BCUT2D eigenvalue weighted by Gasteiger charge is -2.12. The Hall–Kier alpha value is -2.34. The molecule has 1 amide bonds. The summed E-state index contributed by atoms with van der Waals surface area (Å²) in [5.74, 6) is 0.453. The van der Waals surface area contributed by atoms with E-state index in [2.05, 4.69) is 52.4 Å². The number of hydrazone groups is 1. The highest BCUT2D eigenvalue weighted by Gasteiger charge is 2.14. The third-order valence-electron chi connectivity index (χ3n) is 4.18. The zero-order valence-electron chi connectivity index (χ0n) is 16.0. The van der Waals surface area contributed by atoms with Gasteiger partial charge in [0.15, 0.2) is 11.5 Å². The van der Waals surface area contributed by atoms with E-state index in [1.807, 2.05) is 19.1 Å². The lowest BCUT2D eigenvalue weighted by molar-refractivity contribution is -0.122. The maximum Gasteiger partial charge on any atom is 0.247 e. The fraction of sp³-hybridized carbons (Fsp3) is 0.333. The molecule has 0 spiro atoms. The van der Waals surface area contributed by atoms with Crippen LogP contribution in [0.3, 0.4) is 0 Å². The van der Waals surface area contributed by atoms with Gasteiger partial charge in [-0.05, 0) is 64.0 Å². The third-order valence-corrected chi connectivity index (χ3v) is 4.78. The summed E-state index contributed by atoms with van der Waals surface area (Å²) in [6.07, 6.45) is 2.53. The number of amides is 1. The van der Waals surface area contributed by atoms with Gasteiger partial charge in [-0.3, -0.25) is 4.79 Å². The predicted molar refractivity (Wildman–Crippen MR) is 111 cm³/mol. The van der Waals surface area contributed by atoms with Gasteiger partial charge in [0, 0.05) is 0 Å². The number of carbonyl (C=O) groups excluding carboxylic acids is 1. The van der Waals surface area contributed by atoms with E-state index in [-0.39, 0.29) is 17.6 Å². The van der Waals surface area contributed by atoms with Crippen LogP contribution in [0, 0.1) is 5.92 Å². The van der Waals surface area contributed by atoms with Crippen molar-refractivity contribution in [2.45, 2.75) is 33.1 Å². The molecule has 0 aromatic heterocycles. The van der Waals surface area contributed by atoms with Gasteiger partial charge in [0.1, 0.15) is 0 Å². The normalized spacial score (nSPS) is 12.4. The van der Waals surface area contributed by atoms with Crippen molar-refractivity contribution in [1.29, 1.82) is 0 Å². The van der Waals surface area contributed by atoms with Crippen molar-refractivity contribution in [1.82, 2.24) is 5.43 Å². The van der Waals surface area contributed by atoms with Crippen molar-refractivity contribution >= 4 is 28.1 Å². The summed E-state index contributed by atoms with van der Waals surface area (Å²) in [4.78, 5) is 12.3. The molecule has 0 unspecified atom stereocenters. The molecule has 5 nitrogen and oxygen atoms in total. The number of hydrogen-bond donors (Lipinski definition) is 2. The highest BCUT2D eigenvalue weighted by Crippen LogP contribution is 2.34. The number of ether oxygens (including phenoxy) is 1. The standard InChI is InChI=1S/C21H25BrN2O3/c1-13(2)9-15-5-7-17(8-6-15)14(3)21(26)24-23-12-16-10-18(22)20(25)19(11-16)27-4/h5-8,10-14,25H,9H2,1-4H3,(H,24,26)/b23-12-/t14-/m0/s1. The van der Waals surface area contributed by atoms with Gasteiger partial charge in [0.2, 0.25) is 5.91 Å². The van der Waals surface area contributed by atoms with E-state index in [4.69, 9.17) is 4.74 Å². The summed E-state index contributed by atoms with van der Waals surface area (Å²) in [7, 11) is 1.47. The molecule has 0 aliphatic carbocycles. The first-order valence-corrected chi connectivity index (χ1v) is 9.59. The summed E-state index contributed by atoms with van der Waals surface area (Å²) >= 11 is 3.25. The fourth-order valence-electron chi connectivity index (χ4n) is 2.66. The number of halogens is 1. The number of phenolic OH excluding ortho intramolecular Hbond substituents is 1. The van der Waals surface area contributed by atoms with E-state index >= 15 is 0 Å². The molecule has 0 aliphatic heterocycles. The topological polar surface area (TPSA) is 70.9 Å². The van der Waals surface area contributed by atoms with Crippen LogP contribution in [0.5, 0.6) is 11.5 Å². The van der Waals surface area contributed by atoms with Gasteiger partial charge in [-0.2, -0.15) is 5.10 Å². The van der Waals surface area contributed by atoms with Gasteiger partial charge in [0.25, 0.3) is 0 Å². The second-order valence-electron chi connectivity index (χ2n) is 6.85. The lowest BCUT2D eigenvalue weighted by atomic mass is 9.96. The summed E-state index contributed by atoms with van der Waals surface area (Å²) in [5, 5.41) is 13.8. The predicted octanol–water partition coefficient (Wildman–Crippen LogP) is 4.62. The zero-order valence-corrected chi connectivity index (χ0v) is 17.6. The number of carbonyl (C=O) groups is 1. The average molecular weight is 433 g/mol. The molecular formula is C21H25BrN2O3. The Morgan fingerprint density at radius 2 is 1.93 bits per heavy atom. The van der Waals surface area contributed by atoms with Gasteiger partial charge >= 0.3 is 0 Å². The van der Waals surface area contributed by atoms with E-state index in [0.717, 1.165) is 12.0 Å². The van der Waals surface area contributed by atoms with Crippen LogP contribution in [0.2, 0.25) is 0 Å². The fourth-order valence-corrected chi connectivity index (χ4v) is 3.12. The van der Waals surface area contributed by atoms with Gasteiger partial charge in [-0.1, -0.05) is 38.1 Å². The van der Waals surface area contributed by atoms with Crippen LogP contribution in [0.15, 0.2) is 46.0 Å². The van der Waals surface area contributed by atoms with Gasteiger partial charge in [0.05, 0.1) is 23.7 Å². The minimum absolute atomic E-state index is 0.0215. The van der Waals surface area contributed by atoms with Crippen LogP contribution < -0.4 is 10.2 Å². The summed E-state index contributed by atoms with van der Waals surface area (Å²) < 4.78 is 5.58. The third kappa shape index (κ3) is 5.82. The maximum absolute atomic E-state index is 12.3. The average Bonchev–Trinajstić information content (AvgIpc) is 2.63. The van der Waals surface area contributed by atoms with Crippen molar-refractivity contribution in [2.24, 2.45) is 11.0 Å². The molecule has 0 bridgehead atoms. The number of aromatic hydroxyl groups is 1. The van der Waals surface area contributed by atoms with Crippen molar-refractivity contribution in [3.05, 3.63) is 57.6 Å². The van der Waals surface area contributed by atoms with E-state index in [9.17, 15) is 9.90 Å². The van der Waals surface area contributed by atoms with Crippen LogP contribution in [0.25, 0.3) is 0 Å². The first-order chi connectivity index (χ1) is 12.8. The summed E-state index contributed by atoms with van der Waals surface area (Å²) in [6, 6.07) is 11.4. The number of methoxy groups -OCH3 is 1. The van der Waals surface area contributed by atoms with Crippen molar-refractivity contribution < 1.29 is 14.6 Å². The van der Waals surface area contributed by atoms with E-state index < -0.39 is 0 Å². The number of hydrogen-bond acceptors (Lipinski definition) is 4. The second-order valence-corrected chi connectivity index (χ2v) is 7.70. The number of rotatable bonds is 7. The van der Waals surface area contributed by atoms with Crippen LogP contribution in [0.1, 0.15) is 43.4 Å². The molecule has 0 fully saturated rings. The highest BCUT2D eigenvalue weighted by molar-refractivity contribution is 9.10. The van der Waals surface area contributed by atoms with Crippen LogP contribution >= 0.6 is 15.9 Å². The number of phenols is 1. The molecule has 0 radical (unpaired) electrons. The Morgan fingerprint density at radius 3 is 2.52 bits per heavy atom. The Kier molecular flexibility index (Phi) is 7.42. The number of nitrogens with zero attached hydrogens (tertiary/aromatic N) is 1. The zero-order chi connectivity index (χ0) is 20.0. The van der Waals surface area contributed by atoms with Gasteiger partial charge < -0.3 is 9.84 Å². The molecule has 2 rings (SSSR count). The van der Waals surface area contributed by atoms with E-state index in [1.165, 1.54) is 18.9 Å². The molecule has 0 aliphatic rings. The minimum Gasteiger partial charge on any atom is -0.503 e. The number of nitrogens with one attached hydrogen (secondary N) is 1. The highest BCUT2D eigenvalue weighted by atomic mass is 79.9. The molecule has 144 valence electrons. The Labute approximate surface area is 168 Å². The SMILES string of the molecule is COc1cc(/C=N\NC(=O)[C@@H](C)c2ccc(CC(C)C)cc2)cc(Br)c1O. The molecule has 0 saturated carbocycles. The first-order valence-electron chi connectivity index (χ1n) is 8.80. The van der Waals surface area contributed by atoms with Crippen LogP contribution in [-0.2, 0) is 11.2 Å². The second kappa shape index (κ2) is 9.55. The molecule has 2 aromatic carbocycles. The monoisotopic (exact) mass is 432 g/mol. The molecular weight excluding hydrogens is 408 g/mol. The van der Waals surface area contributed by atoms with Crippen LogP contribution in [-0.4, -0.2) is 24.3 Å². The lowest BCUT2D eigenvalue weighted by Crippen LogP contribution is -2.23. The molecule has 2 aromatic rings. The quantitative estimate of drug-likeness (QED) is 0.495. The summed E-state index contributed by atoms with van der Waals surface area (Å²) in [5.41, 5.74) is 5.46. The summed E-state index contributed by atoms with van der Waals surface area (Å²) in [6.45, 7) is 6.22. The molecule has 1 atom stereocenters. The first kappa shape index (κ1) is 21.0. The van der Waals surface area contributed by atoms with Gasteiger partial charge in [-0.15, -0.1) is 0 Å². The molecule has 6 heteroatoms. The molecule has 2 N–H and O–H groups in total. The van der Waals surface area contributed by atoms with E-state index in [1.54, 1.807) is 12.1 Å². The molecule has 0 saturated heterocycles. The van der Waals surface area contributed by atoms with Crippen LogP contribution in [0.4, 0.5) is 0 Å². The van der Waals surface area contributed by atoms with E-state index in [0.29, 0.717) is 21.7 Å². The van der Waals surface area contributed by atoms with Crippen molar-refractivity contribution in [3.63, 3.8) is 0 Å². The minimum atomic E-state index is -0.309. The smallest absolute Gasteiger partial charge is 0.247 e. The molecule has 0 heterocycles. The van der Waals surface area contributed by atoms with Crippen molar-refractivity contribution in [2.75, 3.05) is 7.11 Å². The van der Waals surface area contributed by atoms with Gasteiger partial charge in [-0.25, -0.2) is 5.43 Å². The Bertz CT molecular complexity index is 817. The Balaban J connectivity index is 2.00. The Morgan fingerprint density at radius 1 is 1.26 bits per heavy atom. The van der Waals surface area contributed by atoms with Crippen molar-refractivity contribution in [3.8, 4) is 11.5 Å². The number of benzene rings is 2.